The first kappa shape index (κ1) is 14.6. The van der Waals surface area contributed by atoms with Crippen LogP contribution >= 0.6 is 12.4 Å². The molecule has 0 aliphatic heterocycles. The molecule has 0 atom stereocenters. The van der Waals surface area contributed by atoms with Crippen molar-refractivity contribution in [2.75, 3.05) is 0 Å². The van der Waals surface area contributed by atoms with Gasteiger partial charge in [-0.1, -0.05) is 0 Å². The van der Waals surface area contributed by atoms with Gasteiger partial charge >= 0.3 is 5.63 Å². The summed E-state index contributed by atoms with van der Waals surface area (Å²) in [7, 11) is 0. The Labute approximate surface area is 122 Å². The highest BCUT2D eigenvalue weighted by atomic mass is 35.5. The zero-order valence-corrected chi connectivity index (χ0v) is 12.4. The summed E-state index contributed by atoms with van der Waals surface area (Å²) in [5.74, 6) is 0. The summed E-state index contributed by atoms with van der Waals surface area (Å²) in [5.41, 5.74) is 9.96. The smallest absolute Gasteiger partial charge is 0.341 e. The molecule has 2 heterocycles. The molecule has 0 amide bonds. The third kappa shape index (κ3) is 1.84. The van der Waals surface area contributed by atoms with E-state index in [4.69, 9.17) is 14.6 Å². The van der Waals surface area contributed by atoms with Crippen LogP contribution in [-0.2, 0) is 6.54 Å². The number of aryl methyl sites for hydroxylation is 3. The number of benzene rings is 1. The molecule has 2 N–H and O–H groups in total. The number of fused-ring (bicyclic) bond motifs is 2. The highest BCUT2D eigenvalue weighted by Gasteiger charge is 2.16. The normalized spacial score (nSPS) is 11.0. The number of hydrogen-bond donors (Lipinski definition) is 1. The number of halogens is 1. The third-order valence-electron chi connectivity index (χ3n) is 3.74. The molecule has 0 bridgehead atoms. The van der Waals surface area contributed by atoms with Gasteiger partial charge in [0.15, 0.2) is 0 Å². The van der Waals surface area contributed by atoms with Gasteiger partial charge in [-0.05, 0) is 38.0 Å². The molecule has 0 spiro atoms. The molecule has 0 unspecified atom stereocenters. The van der Waals surface area contributed by atoms with Crippen LogP contribution in [0.25, 0.3) is 21.9 Å². The van der Waals surface area contributed by atoms with Crippen LogP contribution in [0.4, 0.5) is 0 Å². The molecule has 0 saturated carbocycles. The van der Waals surface area contributed by atoms with Gasteiger partial charge in [0.1, 0.15) is 11.2 Å². The van der Waals surface area contributed by atoms with E-state index in [1.165, 1.54) is 0 Å². The van der Waals surface area contributed by atoms with Crippen LogP contribution < -0.4 is 11.4 Å². The maximum atomic E-state index is 11.9. The molecule has 0 aliphatic rings. The van der Waals surface area contributed by atoms with Crippen LogP contribution in [0.15, 0.2) is 26.0 Å². The second-order valence-corrected chi connectivity index (χ2v) is 4.87. The number of hydrogen-bond acceptors (Lipinski definition) is 4. The van der Waals surface area contributed by atoms with Crippen LogP contribution in [0.1, 0.15) is 22.3 Å². The maximum absolute atomic E-state index is 11.9. The van der Waals surface area contributed by atoms with Crippen LogP contribution in [0.3, 0.4) is 0 Å². The molecule has 5 heteroatoms. The Morgan fingerprint density at radius 3 is 2.45 bits per heavy atom. The fourth-order valence-corrected chi connectivity index (χ4v) is 2.55. The average Bonchev–Trinajstić information content (AvgIpc) is 2.74. The number of rotatable bonds is 1. The lowest BCUT2D eigenvalue weighted by Crippen LogP contribution is -2.14. The predicted octanol–water partition coefficient (Wildman–Crippen LogP) is 3.34. The molecular formula is C15H16ClNO3. The first-order chi connectivity index (χ1) is 9.04. The van der Waals surface area contributed by atoms with Crippen molar-refractivity contribution in [1.29, 1.82) is 0 Å². The van der Waals surface area contributed by atoms with E-state index >= 15 is 0 Å². The van der Waals surface area contributed by atoms with Crippen molar-refractivity contribution < 1.29 is 8.83 Å². The van der Waals surface area contributed by atoms with E-state index in [2.05, 4.69) is 0 Å². The molecule has 3 aromatic rings. The minimum absolute atomic E-state index is 0. The minimum Gasteiger partial charge on any atom is -0.464 e. The number of nitrogens with two attached hydrogens (primary N) is 1. The van der Waals surface area contributed by atoms with Crippen molar-refractivity contribution in [3.8, 4) is 0 Å². The second-order valence-electron chi connectivity index (χ2n) is 4.87. The summed E-state index contributed by atoms with van der Waals surface area (Å²) in [5, 5.41) is 1.97. The van der Waals surface area contributed by atoms with E-state index < -0.39 is 0 Å². The lowest BCUT2D eigenvalue weighted by atomic mass is 10.0. The van der Waals surface area contributed by atoms with Crippen molar-refractivity contribution in [2.24, 2.45) is 5.73 Å². The summed E-state index contributed by atoms with van der Waals surface area (Å²) >= 11 is 0. The van der Waals surface area contributed by atoms with Crippen molar-refractivity contribution in [3.63, 3.8) is 0 Å². The molecule has 20 heavy (non-hydrogen) atoms. The Hall–Kier alpha value is -1.78. The Balaban J connectivity index is 0.00000147. The van der Waals surface area contributed by atoms with Gasteiger partial charge in [-0.15, -0.1) is 12.4 Å². The zero-order chi connectivity index (χ0) is 13.7. The highest BCUT2D eigenvalue weighted by Crippen LogP contribution is 2.32. The van der Waals surface area contributed by atoms with E-state index in [1.54, 1.807) is 6.26 Å². The maximum Gasteiger partial charge on any atom is 0.341 e. The van der Waals surface area contributed by atoms with Gasteiger partial charge in [-0.2, -0.15) is 0 Å². The summed E-state index contributed by atoms with van der Waals surface area (Å²) in [6.45, 7) is 5.99. The Bertz CT molecular complexity index is 861. The summed E-state index contributed by atoms with van der Waals surface area (Å²) < 4.78 is 11.0. The quantitative estimate of drug-likeness (QED) is 0.699. The van der Waals surface area contributed by atoms with Crippen LogP contribution in [0.5, 0.6) is 0 Å². The fourth-order valence-electron chi connectivity index (χ4n) is 2.55. The first-order valence-electron chi connectivity index (χ1n) is 6.18. The van der Waals surface area contributed by atoms with Gasteiger partial charge in [0.2, 0.25) is 0 Å². The Kier molecular flexibility index (Phi) is 3.63. The largest absolute Gasteiger partial charge is 0.464 e. The number of furan rings is 1. The molecule has 3 rings (SSSR count). The first-order valence-corrected chi connectivity index (χ1v) is 6.18. The lowest BCUT2D eigenvalue weighted by molar-refractivity contribution is 0.545. The molecule has 4 nitrogen and oxygen atoms in total. The van der Waals surface area contributed by atoms with Gasteiger partial charge in [0.25, 0.3) is 0 Å². The molecule has 0 saturated heterocycles. The molecule has 1 aromatic carbocycles. The predicted molar refractivity (Wildman–Crippen MR) is 81.6 cm³/mol. The third-order valence-corrected chi connectivity index (χ3v) is 3.74. The van der Waals surface area contributed by atoms with E-state index in [-0.39, 0.29) is 24.6 Å². The highest BCUT2D eigenvalue weighted by molar-refractivity contribution is 5.99. The van der Waals surface area contributed by atoms with Crippen molar-refractivity contribution in [2.45, 2.75) is 27.3 Å². The van der Waals surface area contributed by atoms with Crippen LogP contribution in [0, 0.1) is 20.8 Å². The monoisotopic (exact) mass is 293 g/mol. The average molecular weight is 294 g/mol. The molecule has 0 fully saturated rings. The molecule has 2 aromatic heterocycles. The molecular weight excluding hydrogens is 278 g/mol. The Morgan fingerprint density at radius 1 is 1.10 bits per heavy atom. The second kappa shape index (κ2) is 4.96. The molecule has 106 valence electrons. The SMILES string of the molecule is Cc1coc2c(C)c3oc(=O)c(CN)c(C)c3cc12.Cl. The molecule has 0 radical (unpaired) electrons. The fraction of sp³-hybridized carbons (Fsp3) is 0.267. The van der Waals surface area contributed by atoms with Crippen LogP contribution in [0.2, 0.25) is 0 Å². The van der Waals surface area contributed by atoms with Crippen molar-refractivity contribution in [1.82, 2.24) is 0 Å². The standard InChI is InChI=1S/C15H15NO3.ClH/c1-7-6-18-13-9(3)14-11(4-10(7)13)8(2)12(5-16)15(17)19-14;/h4,6H,5,16H2,1-3H3;1H. The molecule has 0 aliphatic carbocycles. The van der Waals surface area contributed by atoms with E-state index in [9.17, 15) is 4.79 Å². The van der Waals surface area contributed by atoms with Gasteiger partial charge in [-0.25, -0.2) is 4.79 Å². The van der Waals surface area contributed by atoms with Crippen molar-refractivity contribution >= 4 is 34.3 Å². The van der Waals surface area contributed by atoms with E-state index in [0.29, 0.717) is 11.1 Å². The summed E-state index contributed by atoms with van der Waals surface area (Å²) in [6, 6.07) is 2.01. The Morgan fingerprint density at radius 2 is 1.80 bits per heavy atom. The lowest BCUT2D eigenvalue weighted by Gasteiger charge is -2.08. The van der Waals surface area contributed by atoms with Gasteiger partial charge in [0.05, 0.1) is 11.8 Å². The van der Waals surface area contributed by atoms with Crippen molar-refractivity contribution in [3.05, 3.63) is 45.0 Å². The van der Waals surface area contributed by atoms with Gasteiger partial charge in [-0.3, -0.25) is 0 Å². The van der Waals surface area contributed by atoms with Gasteiger partial charge < -0.3 is 14.6 Å². The minimum atomic E-state index is -0.363. The summed E-state index contributed by atoms with van der Waals surface area (Å²) in [6.07, 6.45) is 1.72. The topological polar surface area (TPSA) is 69.4 Å². The van der Waals surface area contributed by atoms with E-state index in [1.807, 2.05) is 26.8 Å². The van der Waals surface area contributed by atoms with Crippen LogP contribution in [-0.4, -0.2) is 0 Å². The zero-order valence-electron chi connectivity index (χ0n) is 11.6. The van der Waals surface area contributed by atoms with Gasteiger partial charge in [0, 0.05) is 22.9 Å². The summed E-state index contributed by atoms with van der Waals surface area (Å²) in [4.78, 5) is 11.9. The van der Waals surface area contributed by atoms with E-state index in [0.717, 1.165) is 33.0 Å².